The number of benzene rings is 5. The zero-order valence-corrected chi connectivity index (χ0v) is 23.6. The predicted molar refractivity (Wildman–Crippen MR) is 180 cm³/mol. The van der Waals surface area contributed by atoms with Crippen molar-refractivity contribution in [1.82, 2.24) is 4.57 Å². The van der Waals surface area contributed by atoms with Gasteiger partial charge in [-0.1, -0.05) is 85.0 Å². The van der Waals surface area contributed by atoms with Crippen molar-refractivity contribution >= 4 is 81.5 Å². The van der Waals surface area contributed by atoms with Gasteiger partial charge in [0.15, 0.2) is 0 Å². The van der Waals surface area contributed by atoms with E-state index in [0.717, 1.165) is 39.6 Å². The number of thiophene rings is 1. The summed E-state index contributed by atoms with van der Waals surface area (Å²) in [5.74, 6) is 0.387. The molecule has 1 aliphatic rings. The molecular formula is C38H26N2OS. The summed E-state index contributed by atoms with van der Waals surface area (Å²) in [6, 6.07) is 35.2. The van der Waals surface area contributed by atoms with Gasteiger partial charge in [-0.2, -0.15) is 0 Å². The molecule has 0 aliphatic heterocycles. The molecule has 5 aromatic carbocycles. The Kier molecular flexibility index (Phi) is 5.26. The normalized spacial score (nSPS) is 15.6. The van der Waals surface area contributed by atoms with Crippen LogP contribution in [0.5, 0.6) is 0 Å². The molecule has 0 amide bonds. The first-order valence-electron chi connectivity index (χ1n) is 14.4. The first kappa shape index (κ1) is 23.7. The molecule has 200 valence electrons. The molecule has 0 saturated carbocycles. The Bertz CT molecular complexity index is 2430. The molecule has 8 aromatic rings. The van der Waals surface area contributed by atoms with Crippen LogP contribution in [0.2, 0.25) is 0 Å². The van der Waals surface area contributed by atoms with Gasteiger partial charge in [0.2, 0.25) is 0 Å². The van der Waals surface area contributed by atoms with Crippen LogP contribution in [-0.2, 0) is 6.54 Å². The standard InChI is InChI=1S/C38H26N2OS/c1-2-8-24(9-3-1)22-39-23-25-14-16-28-29-17-15-26(21-35(29)41-34(28)20-25)40-33-12-6-4-10-27(33)31-18-19-32-30-11-5-7-13-36(30)42-38(32)37(31)40/h1-8,10-22,24H,9,23H2. The minimum absolute atomic E-state index is 0.387. The third kappa shape index (κ3) is 3.62. The number of nitrogens with zero attached hydrogens (tertiary/aromatic N) is 2. The lowest BCUT2D eigenvalue weighted by molar-refractivity contribution is 0.668. The van der Waals surface area contributed by atoms with Crippen molar-refractivity contribution in [2.75, 3.05) is 0 Å². The molecular weight excluding hydrogens is 532 g/mol. The van der Waals surface area contributed by atoms with Crippen LogP contribution in [0.4, 0.5) is 0 Å². The number of furan rings is 1. The van der Waals surface area contributed by atoms with Crippen LogP contribution >= 0.6 is 11.3 Å². The number of para-hydroxylation sites is 1. The SMILES string of the molecule is C1=CCC(C=NCc2ccc3c(c2)oc2cc(-n4c5ccccc5c5ccc6c7ccccc7sc6c54)ccc23)C=C1. The van der Waals surface area contributed by atoms with Gasteiger partial charge in [0.25, 0.3) is 0 Å². The maximum Gasteiger partial charge on any atom is 0.137 e. The Labute approximate surface area is 246 Å². The molecule has 3 aromatic heterocycles. The van der Waals surface area contributed by atoms with Crippen molar-refractivity contribution < 1.29 is 4.42 Å². The second kappa shape index (κ2) is 9.30. The van der Waals surface area contributed by atoms with Gasteiger partial charge in [0, 0.05) is 60.9 Å². The number of aliphatic imine (C=N–C) groups is 1. The smallest absolute Gasteiger partial charge is 0.137 e. The van der Waals surface area contributed by atoms with Crippen LogP contribution in [0, 0.1) is 5.92 Å². The topological polar surface area (TPSA) is 30.4 Å². The fraction of sp³-hybridized carbons (Fsp3) is 0.0789. The van der Waals surface area contributed by atoms with E-state index in [2.05, 4.69) is 132 Å². The molecule has 0 N–H and O–H groups in total. The fourth-order valence-corrected chi connectivity index (χ4v) is 7.79. The highest BCUT2D eigenvalue weighted by atomic mass is 32.1. The predicted octanol–water partition coefficient (Wildman–Crippen LogP) is 10.8. The molecule has 0 fully saturated rings. The van der Waals surface area contributed by atoms with Gasteiger partial charge in [-0.25, -0.2) is 0 Å². The second-order valence-corrected chi connectivity index (χ2v) is 12.2. The largest absolute Gasteiger partial charge is 0.456 e. The molecule has 1 aliphatic carbocycles. The van der Waals surface area contributed by atoms with Gasteiger partial charge in [-0.15, -0.1) is 11.3 Å². The summed E-state index contributed by atoms with van der Waals surface area (Å²) in [6.45, 7) is 0.652. The van der Waals surface area contributed by atoms with Gasteiger partial charge in [-0.05, 0) is 42.3 Å². The third-order valence-electron chi connectivity index (χ3n) is 8.54. The van der Waals surface area contributed by atoms with E-state index in [4.69, 9.17) is 9.41 Å². The Balaban J connectivity index is 1.19. The summed E-state index contributed by atoms with van der Waals surface area (Å²) in [5, 5.41) is 7.44. The van der Waals surface area contributed by atoms with E-state index < -0.39 is 0 Å². The van der Waals surface area contributed by atoms with Gasteiger partial charge in [0.05, 0.1) is 22.3 Å². The zero-order valence-electron chi connectivity index (χ0n) is 22.8. The summed E-state index contributed by atoms with van der Waals surface area (Å²) >= 11 is 1.88. The summed E-state index contributed by atoms with van der Waals surface area (Å²) in [5.41, 5.74) is 6.53. The summed E-state index contributed by atoms with van der Waals surface area (Å²) in [6.07, 6.45) is 11.7. The number of rotatable bonds is 4. The molecule has 4 heteroatoms. The molecule has 9 rings (SSSR count). The van der Waals surface area contributed by atoms with Crippen LogP contribution in [0.1, 0.15) is 12.0 Å². The fourth-order valence-electron chi connectivity index (χ4n) is 6.55. The molecule has 0 bridgehead atoms. The molecule has 42 heavy (non-hydrogen) atoms. The zero-order chi connectivity index (χ0) is 27.6. The maximum atomic E-state index is 6.50. The Hall–Kier alpha value is -4.93. The van der Waals surface area contributed by atoms with Crippen LogP contribution in [0.15, 0.2) is 131 Å². The van der Waals surface area contributed by atoms with E-state index in [1.165, 1.54) is 42.0 Å². The van der Waals surface area contributed by atoms with Crippen LogP contribution in [0.25, 0.3) is 69.6 Å². The van der Waals surface area contributed by atoms with E-state index >= 15 is 0 Å². The van der Waals surface area contributed by atoms with E-state index in [1.54, 1.807) is 0 Å². The highest BCUT2D eigenvalue weighted by Crippen LogP contribution is 2.43. The minimum atomic E-state index is 0.387. The van der Waals surface area contributed by atoms with Crippen molar-refractivity contribution in [3.8, 4) is 5.69 Å². The average molecular weight is 559 g/mol. The van der Waals surface area contributed by atoms with Crippen molar-refractivity contribution in [2.45, 2.75) is 13.0 Å². The molecule has 0 radical (unpaired) electrons. The van der Waals surface area contributed by atoms with Crippen molar-refractivity contribution in [3.05, 3.63) is 127 Å². The number of allylic oxidation sites excluding steroid dienone is 4. The van der Waals surface area contributed by atoms with Crippen LogP contribution in [-0.4, -0.2) is 10.8 Å². The first-order valence-corrected chi connectivity index (χ1v) is 15.3. The third-order valence-corrected chi connectivity index (χ3v) is 9.74. The lowest BCUT2D eigenvalue weighted by Crippen LogP contribution is -1.98. The van der Waals surface area contributed by atoms with E-state index in [-0.39, 0.29) is 0 Å². The molecule has 3 nitrogen and oxygen atoms in total. The van der Waals surface area contributed by atoms with Gasteiger partial charge < -0.3 is 8.98 Å². The number of aromatic nitrogens is 1. The van der Waals surface area contributed by atoms with E-state index in [0.29, 0.717) is 12.5 Å². The molecule has 1 unspecified atom stereocenters. The summed E-state index contributed by atoms with van der Waals surface area (Å²) in [4.78, 5) is 4.72. The Morgan fingerprint density at radius 1 is 0.762 bits per heavy atom. The van der Waals surface area contributed by atoms with Gasteiger partial charge >= 0.3 is 0 Å². The Morgan fingerprint density at radius 3 is 2.45 bits per heavy atom. The minimum Gasteiger partial charge on any atom is -0.456 e. The first-order chi connectivity index (χ1) is 20.8. The van der Waals surface area contributed by atoms with Crippen molar-refractivity contribution in [1.29, 1.82) is 0 Å². The van der Waals surface area contributed by atoms with Gasteiger partial charge in [-0.3, -0.25) is 4.99 Å². The lowest BCUT2D eigenvalue weighted by Gasteiger charge is -2.08. The van der Waals surface area contributed by atoms with Crippen molar-refractivity contribution in [3.63, 3.8) is 0 Å². The van der Waals surface area contributed by atoms with Crippen LogP contribution < -0.4 is 0 Å². The van der Waals surface area contributed by atoms with Crippen molar-refractivity contribution in [2.24, 2.45) is 10.9 Å². The van der Waals surface area contributed by atoms with E-state index in [9.17, 15) is 0 Å². The second-order valence-electron chi connectivity index (χ2n) is 11.1. The number of fused-ring (bicyclic) bond motifs is 10. The highest BCUT2D eigenvalue weighted by Gasteiger charge is 2.18. The summed E-state index contributed by atoms with van der Waals surface area (Å²) in [7, 11) is 0. The maximum absolute atomic E-state index is 6.50. The Morgan fingerprint density at radius 2 is 1.55 bits per heavy atom. The summed E-state index contributed by atoms with van der Waals surface area (Å²) < 4.78 is 11.6. The number of hydrogen-bond donors (Lipinski definition) is 0. The lowest BCUT2D eigenvalue weighted by atomic mass is 10.0. The number of hydrogen-bond acceptors (Lipinski definition) is 3. The highest BCUT2D eigenvalue weighted by molar-refractivity contribution is 7.26. The quantitative estimate of drug-likeness (QED) is 0.198. The average Bonchev–Trinajstić information content (AvgIpc) is 3.70. The molecule has 3 heterocycles. The molecule has 0 saturated heterocycles. The van der Waals surface area contributed by atoms with Crippen LogP contribution in [0.3, 0.4) is 0 Å². The van der Waals surface area contributed by atoms with E-state index in [1.807, 2.05) is 11.3 Å². The monoisotopic (exact) mass is 558 g/mol. The van der Waals surface area contributed by atoms with Gasteiger partial charge in [0.1, 0.15) is 11.2 Å². The molecule has 1 atom stereocenters. The molecule has 0 spiro atoms.